The van der Waals surface area contributed by atoms with E-state index in [1.807, 2.05) is 0 Å². The molecule has 3 nitrogen and oxygen atoms in total. The zero-order chi connectivity index (χ0) is 11.7. The zero-order valence-electron chi connectivity index (χ0n) is 8.33. The standard InChI is InChI=1S/C10H8ClFN2OS/c1-16-10-6(11)2-5(3-7(10)12)8-4-9(13)15-14-8/h2-4H,13H2,1H3. The van der Waals surface area contributed by atoms with E-state index in [1.165, 1.54) is 23.9 Å². The summed E-state index contributed by atoms with van der Waals surface area (Å²) >= 11 is 7.20. The first-order valence-corrected chi connectivity index (χ1v) is 5.97. The van der Waals surface area contributed by atoms with Crippen LogP contribution in [0.1, 0.15) is 0 Å². The van der Waals surface area contributed by atoms with Crippen LogP contribution >= 0.6 is 23.4 Å². The molecule has 84 valence electrons. The van der Waals surface area contributed by atoms with Crippen molar-refractivity contribution in [1.82, 2.24) is 5.16 Å². The summed E-state index contributed by atoms with van der Waals surface area (Å²) in [6.07, 6.45) is 1.76. The van der Waals surface area contributed by atoms with Gasteiger partial charge in [-0.15, -0.1) is 11.8 Å². The first-order chi connectivity index (χ1) is 7.61. The summed E-state index contributed by atoms with van der Waals surface area (Å²) < 4.78 is 18.3. The molecule has 0 amide bonds. The number of thioether (sulfide) groups is 1. The molecule has 0 aliphatic carbocycles. The second-order valence-corrected chi connectivity index (χ2v) is 4.31. The van der Waals surface area contributed by atoms with Gasteiger partial charge in [0.25, 0.3) is 0 Å². The van der Waals surface area contributed by atoms with E-state index in [2.05, 4.69) is 5.16 Å². The highest BCUT2D eigenvalue weighted by Crippen LogP contribution is 2.33. The highest BCUT2D eigenvalue weighted by Gasteiger charge is 2.12. The zero-order valence-corrected chi connectivity index (χ0v) is 9.90. The van der Waals surface area contributed by atoms with Crippen molar-refractivity contribution in [2.45, 2.75) is 4.90 Å². The van der Waals surface area contributed by atoms with Gasteiger partial charge in [0, 0.05) is 11.6 Å². The van der Waals surface area contributed by atoms with E-state index < -0.39 is 0 Å². The number of hydrogen-bond acceptors (Lipinski definition) is 4. The molecule has 2 aromatic rings. The summed E-state index contributed by atoms with van der Waals surface area (Å²) in [6.45, 7) is 0. The van der Waals surface area contributed by atoms with Gasteiger partial charge in [0.15, 0.2) is 0 Å². The summed E-state index contributed by atoms with van der Waals surface area (Å²) in [6, 6.07) is 4.51. The maximum atomic E-state index is 13.6. The molecule has 0 radical (unpaired) electrons. The van der Waals surface area contributed by atoms with E-state index in [0.717, 1.165) is 0 Å². The molecule has 0 aliphatic rings. The summed E-state index contributed by atoms with van der Waals surface area (Å²) in [5, 5.41) is 4.04. The molecule has 16 heavy (non-hydrogen) atoms. The fraction of sp³-hybridized carbons (Fsp3) is 0.100. The number of hydrogen-bond donors (Lipinski definition) is 1. The second-order valence-electron chi connectivity index (χ2n) is 3.09. The average molecular weight is 259 g/mol. The van der Waals surface area contributed by atoms with E-state index in [-0.39, 0.29) is 11.7 Å². The van der Waals surface area contributed by atoms with Gasteiger partial charge in [-0.3, -0.25) is 0 Å². The molecule has 1 aromatic carbocycles. The summed E-state index contributed by atoms with van der Waals surface area (Å²) in [5.41, 5.74) is 6.39. The third-order valence-electron chi connectivity index (χ3n) is 2.03. The quantitative estimate of drug-likeness (QED) is 0.839. The molecule has 2 N–H and O–H groups in total. The smallest absolute Gasteiger partial charge is 0.222 e. The molecule has 0 saturated heterocycles. The van der Waals surface area contributed by atoms with E-state index in [0.29, 0.717) is 21.2 Å². The van der Waals surface area contributed by atoms with Crippen molar-refractivity contribution in [3.05, 3.63) is 29.0 Å². The van der Waals surface area contributed by atoms with Gasteiger partial charge >= 0.3 is 0 Å². The monoisotopic (exact) mass is 258 g/mol. The van der Waals surface area contributed by atoms with Crippen LogP contribution in [0.2, 0.25) is 5.02 Å². The second kappa shape index (κ2) is 4.35. The number of nitrogen functional groups attached to an aromatic ring is 1. The molecule has 0 aliphatic heterocycles. The molecule has 0 saturated carbocycles. The summed E-state index contributed by atoms with van der Waals surface area (Å²) in [4.78, 5) is 0.418. The molecule has 1 heterocycles. The van der Waals surface area contributed by atoms with Gasteiger partial charge in [-0.05, 0) is 18.4 Å². The van der Waals surface area contributed by atoms with Crippen LogP contribution in [-0.4, -0.2) is 11.4 Å². The van der Waals surface area contributed by atoms with E-state index in [9.17, 15) is 4.39 Å². The molecular formula is C10H8ClFN2OS. The van der Waals surface area contributed by atoms with Crippen molar-refractivity contribution in [2.75, 3.05) is 12.0 Å². The Balaban J connectivity index is 2.52. The molecule has 0 atom stereocenters. The average Bonchev–Trinajstić information content (AvgIpc) is 2.64. The number of benzene rings is 1. The van der Waals surface area contributed by atoms with Gasteiger partial charge in [-0.25, -0.2) is 4.39 Å². The van der Waals surface area contributed by atoms with Gasteiger partial charge in [0.2, 0.25) is 5.88 Å². The van der Waals surface area contributed by atoms with Gasteiger partial charge < -0.3 is 10.3 Å². The maximum absolute atomic E-state index is 13.6. The van der Waals surface area contributed by atoms with Crippen molar-refractivity contribution >= 4 is 29.2 Å². The van der Waals surface area contributed by atoms with Crippen molar-refractivity contribution < 1.29 is 8.91 Å². The highest BCUT2D eigenvalue weighted by atomic mass is 35.5. The third-order valence-corrected chi connectivity index (χ3v) is 3.26. The lowest BCUT2D eigenvalue weighted by atomic mass is 10.1. The normalized spacial score (nSPS) is 10.7. The number of rotatable bonds is 2. The van der Waals surface area contributed by atoms with Crippen molar-refractivity contribution in [3.63, 3.8) is 0 Å². The molecule has 0 fully saturated rings. The first-order valence-electron chi connectivity index (χ1n) is 4.37. The number of nitrogens with two attached hydrogens (primary N) is 1. The Labute approximate surface area is 101 Å². The van der Waals surface area contributed by atoms with Gasteiger partial charge in [0.1, 0.15) is 11.5 Å². The predicted octanol–water partition coefficient (Wildman–Crippen LogP) is 3.44. The summed E-state index contributed by atoms with van der Waals surface area (Å²) in [5.74, 6) is -0.197. The predicted molar refractivity (Wildman–Crippen MR) is 63.1 cm³/mol. The minimum Gasteiger partial charge on any atom is -0.368 e. The Morgan fingerprint density at radius 3 is 2.69 bits per heavy atom. The number of aromatic nitrogens is 1. The number of halogens is 2. The molecule has 0 spiro atoms. The molecule has 1 aromatic heterocycles. The fourth-order valence-corrected chi connectivity index (χ4v) is 2.28. The molecule has 2 rings (SSSR count). The van der Waals surface area contributed by atoms with Crippen LogP contribution in [0.4, 0.5) is 10.3 Å². The van der Waals surface area contributed by atoms with Crippen LogP contribution in [0.5, 0.6) is 0 Å². The number of anilines is 1. The largest absolute Gasteiger partial charge is 0.368 e. The minimum atomic E-state index is -0.378. The SMILES string of the molecule is CSc1c(F)cc(-c2cc(N)on2)cc1Cl. The van der Waals surface area contributed by atoms with Gasteiger partial charge in [0.05, 0.1) is 9.92 Å². The lowest BCUT2D eigenvalue weighted by Crippen LogP contribution is -1.86. The molecular weight excluding hydrogens is 251 g/mol. The van der Waals surface area contributed by atoms with Crippen molar-refractivity contribution in [2.24, 2.45) is 0 Å². The highest BCUT2D eigenvalue weighted by molar-refractivity contribution is 7.98. The Morgan fingerprint density at radius 1 is 1.44 bits per heavy atom. The Hall–Kier alpha value is -1.20. The Morgan fingerprint density at radius 2 is 2.19 bits per heavy atom. The molecule has 0 unspecified atom stereocenters. The van der Waals surface area contributed by atoms with E-state index in [4.69, 9.17) is 21.9 Å². The van der Waals surface area contributed by atoms with Gasteiger partial charge in [-0.1, -0.05) is 16.8 Å². The van der Waals surface area contributed by atoms with Crippen LogP contribution in [0, 0.1) is 5.82 Å². The lowest BCUT2D eigenvalue weighted by Gasteiger charge is -2.04. The van der Waals surface area contributed by atoms with E-state index >= 15 is 0 Å². The van der Waals surface area contributed by atoms with Crippen LogP contribution in [-0.2, 0) is 0 Å². The van der Waals surface area contributed by atoms with Crippen molar-refractivity contribution in [3.8, 4) is 11.3 Å². The Kier molecular flexibility index (Phi) is 3.07. The molecule has 0 bridgehead atoms. The lowest BCUT2D eigenvalue weighted by molar-refractivity contribution is 0.439. The third kappa shape index (κ3) is 2.01. The summed E-state index contributed by atoms with van der Waals surface area (Å²) in [7, 11) is 0. The van der Waals surface area contributed by atoms with E-state index in [1.54, 1.807) is 12.3 Å². The first kappa shape index (κ1) is 11.3. The van der Waals surface area contributed by atoms with Gasteiger partial charge in [-0.2, -0.15) is 0 Å². The Bertz CT molecular complexity index is 506. The van der Waals surface area contributed by atoms with Crippen LogP contribution < -0.4 is 5.73 Å². The number of nitrogens with zero attached hydrogens (tertiary/aromatic N) is 1. The van der Waals surface area contributed by atoms with Crippen LogP contribution in [0.25, 0.3) is 11.3 Å². The maximum Gasteiger partial charge on any atom is 0.222 e. The molecule has 6 heteroatoms. The van der Waals surface area contributed by atoms with Crippen LogP contribution in [0.3, 0.4) is 0 Å². The minimum absolute atomic E-state index is 0.181. The topological polar surface area (TPSA) is 52.0 Å². The van der Waals surface area contributed by atoms with Crippen molar-refractivity contribution in [1.29, 1.82) is 0 Å². The van der Waals surface area contributed by atoms with Crippen LogP contribution in [0.15, 0.2) is 27.6 Å². The fourth-order valence-electron chi connectivity index (χ4n) is 1.33.